The first kappa shape index (κ1) is 11.8. The maximum Gasteiger partial charge on any atom is 0.248 e. The average molecular weight is 231 g/mol. The summed E-state index contributed by atoms with van der Waals surface area (Å²) in [7, 11) is 1.87. The number of nitrogens with one attached hydrogen (secondary N) is 1. The van der Waals surface area contributed by atoms with Crippen molar-refractivity contribution in [2.75, 3.05) is 13.7 Å². The van der Waals surface area contributed by atoms with Crippen LogP contribution >= 0.6 is 0 Å². The largest absolute Gasteiger partial charge is 0.496 e. The molecule has 1 N–H and O–H groups in total. The zero-order valence-electron chi connectivity index (χ0n) is 9.64. The highest BCUT2D eigenvalue weighted by molar-refractivity contribution is 5.09. The van der Waals surface area contributed by atoms with Crippen molar-refractivity contribution < 1.29 is 13.5 Å². The van der Waals surface area contributed by atoms with E-state index < -0.39 is 5.92 Å². The van der Waals surface area contributed by atoms with E-state index in [0.29, 0.717) is 12.8 Å². The summed E-state index contributed by atoms with van der Waals surface area (Å²) in [5, 5.41) is 3.20. The second-order valence-corrected chi connectivity index (χ2v) is 4.70. The predicted molar refractivity (Wildman–Crippen MR) is 58.4 cm³/mol. The summed E-state index contributed by atoms with van der Waals surface area (Å²) in [4.78, 5) is 0. The average Bonchev–Trinajstić information content (AvgIpc) is 2.75. The van der Waals surface area contributed by atoms with E-state index in [9.17, 15) is 8.78 Å². The molecule has 1 aliphatic heterocycles. The molecular weight excluding hydrogens is 212 g/mol. The van der Waals surface area contributed by atoms with Gasteiger partial charge in [-0.1, -0.05) is 0 Å². The summed E-state index contributed by atoms with van der Waals surface area (Å²) in [6, 6.07) is 0.124. The van der Waals surface area contributed by atoms with Crippen molar-refractivity contribution >= 4 is 0 Å². The Labute approximate surface area is 95.0 Å². The Hall–Kier alpha value is -0.640. The molecular formula is C12H19F2NO. The van der Waals surface area contributed by atoms with Gasteiger partial charge in [-0.25, -0.2) is 8.78 Å². The van der Waals surface area contributed by atoms with Gasteiger partial charge in [-0.15, -0.1) is 0 Å². The maximum atomic E-state index is 13.1. The van der Waals surface area contributed by atoms with E-state index in [2.05, 4.69) is 11.4 Å². The van der Waals surface area contributed by atoms with Crippen molar-refractivity contribution in [3.05, 3.63) is 11.8 Å². The zero-order chi connectivity index (χ0) is 11.6. The van der Waals surface area contributed by atoms with Crippen LogP contribution in [0.5, 0.6) is 0 Å². The van der Waals surface area contributed by atoms with Crippen molar-refractivity contribution in [2.24, 2.45) is 5.92 Å². The molecule has 16 heavy (non-hydrogen) atoms. The number of rotatable bonds is 3. The van der Waals surface area contributed by atoms with Crippen molar-refractivity contribution in [2.45, 2.75) is 44.1 Å². The highest BCUT2D eigenvalue weighted by atomic mass is 19.3. The van der Waals surface area contributed by atoms with Crippen LogP contribution in [0.1, 0.15) is 32.1 Å². The Morgan fingerprint density at radius 1 is 1.44 bits per heavy atom. The summed E-state index contributed by atoms with van der Waals surface area (Å²) in [5.41, 5.74) is 0. The van der Waals surface area contributed by atoms with Gasteiger partial charge >= 0.3 is 0 Å². The lowest BCUT2D eigenvalue weighted by atomic mass is 9.81. The van der Waals surface area contributed by atoms with Gasteiger partial charge in [0.05, 0.1) is 12.6 Å². The van der Waals surface area contributed by atoms with E-state index in [1.807, 2.05) is 7.05 Å². The minimum absolute atomic E-state index is 0.0170. The van der Waals surface area contributed by atoms with Gasteiger partial charge in [0.25, 0.3) is 0 Å². The lowest BCUT2D eigenvalue weighted by molar-refractivity contribution is -0.0496. The monoisotopic (exact) mass is 231 g/mol. The van der Waals surface area contributed by atoms with E-state index in [4.69, 9.17) is 4.74 Å². The molecule has 0 aromatic heterocycles. The highest BCUT2D eigenvalue weighted by Crippen LogP contribution is 2.39. The minimum Gasteiger partial charge on any atom is -0.496 e. The van der Waals surface area contributed by atoms with Gasteiger partial charge in [0.15, 0.2) is 0 Å². The summed E-state index contributed by atoms with van der Waals surface area (Å²) in [5.74, 6) is -1.20. The van der Waals surface area contributed by atoms with E-state index in [-0.39, 0.29) is 24.8 Å². The molecule has 1 atom stereocenters. The van der Waals surface area contributed by atoms with Gasteiger partial charge in [0.2, 0.25) is 5.92 Å². The van der Waals surface area contributed by atoms with Crippen LogP contribution in [-0.2, 0) is 4.74 Å². The topological polar surface area (TPSA) is 21.3 Å². The Morgan fingerprint density at radius 3 is 2.62 bits per heavy atom. The fourth-order valence-corrected chi connectivity index (χ4v) is 2.66. The van der Waals surface area contributed by atoms with Gasteiger partial charge in [0.1, 0.15) is 5.76 Å². The summed E-state index contributed by atoms with van der Waals surface area (Å²) >= 11 is 0. The Kier molecular flexibility index (Phi) is 3.47. The molecule has 1 fully saturated rings. The lowest BCUT2D eigenvalue weighted by Crippen LogP contribution is -2.39. The predicted octanol–water partition coefficient (Wildman–Crippen LogP) is 2.70. The fraction of sp³-hybridized carbons (Fsp3) is 0.833. The first-order valence-corrected chi connectivity index (χ1v) is 6.00. The second-order valence-electron chi connectivity index (χ2n) is 4.70. The van der Waals surface area contributed by atoms with E-state index in [1.54, 1.807) is 0 Å². The number of likely N-dealkylation sites (N-methyl/N-ethyl adjacent to an activating group) is 1. The third-order valence-electron chi connectivity index (χ3n) is 3.58. The lowest BCUT2D eigenvalue weighted by Gasteiger charge is -2.33. The van der Waals surface area contributed by atoms with Crippen LogP contribution in [0.15, 0.2) is 11.8 Å². The van der Waals surface area contributed by atoms with Crippen molar-refractivity contribution in [3.63, 3.8) is 0 Å². The zero-order valence-corrected chi connectivity index (χ0v) is 9.64. The SMILES string of the molecule is CNC(C1=CCCO1)C1CCC(F)(F)CC1. The molecule has 0 bridgehead atoms. The number of halogens is 2. The molecule has 1 heterocycles. The van der Waals surface area contributed by atoms with Gasteiger partial charge in [-0.05, 0) is 31.9 Å². The van der Waals surface area contributed by atoms with Crippen LogP contribution < -0.4 is 5.32 Å². The fourth-order valence-electron chi connectivity index (χ4n) is 2.66. The molecule has 0 aromatic rings. The molecule has 2 aliphatic rings. The highest BCUT2D eigenvalue weighted by Gasteiger charge is 2.38. The molecule has 2 nitrogen and oxygen atoms in total. The first-order chi connectivity index (χ1) is 7.62. The van der Waals surface area contributed by atoms with Crippen molar-refractivity contribution in [3.8, 4) is 0 Å². The summed E-state index contributed by atoms with van der Waals surface area (Å²) < 4.78 is 31.6. The first-order valence-electron chi connectivity index (χ1n) is 6.00. The van der Waals surface area contributed by atoms with Crippen LogP contribution in [0.3, 0.4) is 0 Å². The molecule has 2 rings (SSSR count). The molecule has 92 valence electrons. The van der Waals surface area contributed by atoms with Crippen LogP contribution in [0.4, 0.5) is 8.78 Å². The quantitative estimate of drug-likeness (QED) is 0.806. The number of hydrogen-bond acceptors (Lipinski definition) is 2. The Bertz CT molecular complexity index is 268. The molecule has 1 unspecified atom stereocenters. The number of ether oxygens (including phenoxy) is 1. The molecule has 0 radical (unpaired) electrons. The van der Waals surface area contributed by atoms with E-state index >= 15 is 0 Å². The maximum absolute atomic E-state index is 13.1. The third-order valence-corrected chi connectivity index (χ3v) is 3.58. The van der Waals surface area contributed by atoms with Gasteiger partial charge in [-0.3, -0.25) is 0 Å². The van der Waals surface area contributed by atoms with Crippen LogP contribution in [0, 0.1) is 5.92 Å². The molecule has 0 aromatic carbocycles. The number of alkyl halides is 2. The smallest absolute Gasteiger partial charge is 0.248 e. The van der Waals surface area contributed by atoms with Crippen LogP contribution in [-0.4, -0.2) is 25.6 Å². The minimum atomic E-state index is -2.44. The summed E-state index contributed by atoms with van der Waals surface area (Å²) in [6.07, 6.45) is 4.22. The molecule has 0 spiro atoms. The van der Waals surface area contributed by atoms with Crippen LogP contribution in [0.25, 0.3) is 0 Å². The van der Waals surface area contributed by atoms with Crippen molar-refractivity contribution in [1.82, 2.24) is 5.32 Å². The molecule has 1 saturated carbocycles. The van der Waals surface area contributed by atoms with Crippen molar-refractivity contribution in [1.29, 1.82) is 0 Å². The second kappa shape index (κ2) is 4.70. The van der Waals surface area contributed by atoms with E-state index in [1.165, 1.54) is 0 Å². The van der Waals surface area contributed by atoms with Gasteiger partial charge in [0, 0.05) is 19.3 Å². The number of hydrogen-bond donors (Lipinski definition) is 1. The van der Waals surface area contributed by atoms with Gasteiger partial charge in [-0.2, -0.15) is 0 Å². The standard InChI is InChI=1S/C12H19F2NO/c1-15-11(10-3-2-8-16-10)9-4-6-12(13,14)7-5-9/h3,9,11,15H,2,4-8H2,1H3. The van der Waals surface area contributed by atoms with Crippen LogP contribution in [0.2, 0.25) is 0 Å². The molecule has 0 saturated heterocycles. The normalized spacial score (nSPS) is 27.3. The third kappa shape index (κ3) is 2.54. The Balaban J connectivity index is 1.95. The Morgan fingerprint density at radius 2 is 2.12 bits per heavy atom. The molecule has 0 amide bonds. The molecule has 4 heteroatoms. The summed E-state index contributed by atoms with van der Waals surface area (Å²) in [6.45, 7) is 0.733. The molecule has 1 aliphatic carbocycles. The van der Waals surface area contributed by atoms with E-state index in [0.717, 1.165) is 18.8 Å². The van der Waals surface area contributed by atoms with Gasteiger partial charge < -0.3 is 10.1 Å².